The Labute approximate surface area is 166 Å². The second-order valence-corrected chi connectivity index (χ2v) is 7.86. The van der Waals surface area contributed by atoms with Gasteiger partial charge in [0.2, 0.25) is 0 Å². The first-order valence-corrected chi connectivity index (χ1v) is 9.71. The van der Waals surface area contributed by atoms with Crippen LogP contribution in [0, 0.1) is 0 Å². The summed E-state index contributed by atoms with van der Waals surface area (Å²) in [5, 5.41) is 3.34. The van der Waals surface area contributed by atoms with Crippen LogP contribution in [0.15, 0.2) is 47.3 Å². The second-order valence-electron chi connectivity index (χ2n) is 6.78. The lowest BCUT2D eigenvalue weighted by atomic mass is 10.1. The maximum absolute atomic E-state index is 12.9. The molecule has 28 heavy (non-hydrogen) atoms. The number of hydrogen-bond acceptors (Lipinski definition) is 6. The highest BCUT2D eigenvalue weighted by molar-refractivity contribution is 7.15. The summed E-state index contributed by atoms with van der Waals surface area (Å²) in [6, 6.07) is 9.22. The van der Waals surface area contributed by atoms with E-state index in [1.807, 2.05) is 48.2 Å². The van der Waals surface area contributed by atoms with Gasteiger partial charge < -0.3 is 14.2 Å². The zero-order valence-electron chi connectivity index (χ0n) is 15.6. The lowest BCUT2D eigenvalue weighted by Gasteiger charge is -2.26. The Morgan fingerprint density at radius 3 is 2.86 bits per heavy atom. The van der Waals surface area contributed by atoms with Crippen molar-refractivity contribution in [2.24, 2.45) is 0 Å². The number of rotatable bonds is 4. The molecule has 2 amide bonds. The van der Waals surface area contributed by atoms with Gasteiger partial charge in [-0.05, 0) is 24.3 Å². The minimum absolute atomic E-state index is 0.00623. The van der Waals surface area contributed by atoms with Crippen LogP contribution in [0.4, 0.5) is 10.8 Å². The third-order valence-corrected chi connectivity index (χ3v) is 5.63. The molecule has 0 aliphatic carbocycles. The Morgan fingerprint density at radius 2 is 2.11 bits per heavy atom. The molecule has 1 aliphatic rings. The Bertz CT molecular complexity index is 1010. The number of nitrogens with zero attached hydrogens (tertiary/aromatic N) is 3. The summed E-state index contributed by atoms with van der Waals surface area (Å²) in [5.74, 6) is -0.250. The van der Waals surface area contributed by atoms with Crippen LogP contribution in [0.2, 0.25) is 0 Å². The molecule has 0 unspecified atom stereocenters. The van der Waals surface area contributed by atoms with Gasteiger partial charge in [0.1, 0.15) is 6.26 Å². The van der Waals surface area contributed by atoms with Crippen LogP contribution in [0.5, 0.6) is 0 Å². The number of carbonyl (C=O) groups excluding carboxylic acids is 2. The lowest BCUT2D eigenvalue weighted by Crippen LogP contribution is -2.35. The Balaban J connectivity index is 1.47. The fraction of sp³-hybridized carbons (Fsp3) is 0.250. The zero-order chi connectivity index (χ0) is 19.7. The molecule has 8 heteroatoms. The Kier molecular flexibility index (Phi) is 4.87. The number of anilines is 2. The third kappa shape index (κ3) is 3.63. The first-order chi connectivity index (χ1) is 13.5. The minimum atomic E-state index is -0.256. The highest BCUT2D eigenvalue weighted by atomic mass is 32.1. The van der Waals surface area contributed by atoms with Gasteiger partial charge in [0, 0.05) is 43.2 Å². The molecular formula is C20H20N4O3S. The maximum Gasteiger partial charge on any atom is 0.260 e. The van der Waals surface area contributed by atoms with Gasteiger partial charge in [0.05, 0.1) is 24.1 Å². The fourth-order valence-corrected chi connectivity index (χ4v) is 4.10. The standard InChI is InChI=1S/C20H20N4O3S/c1-23(2)15-5-3-4-13(10-15)19(26)24-8-6-16-17(11-24)28-20(21-16)22-18(25)14-7-9-27-12-14/h3-5,7,9-10,12H,6,8,11H2,1-2H3,(H,21,22,25). The highest BCUT2D eigenvalue weighted by Crippen LogP contribution is 2.29. The molecule has 0 saturated carbocycles. The molecule has 1 N–H and O–H groups in total. The maximum atomic E-state index is 12.9. The largest absolute Gasteiger partial charge is 0.472 e. The average Bonchev–Trinajstić information content (AvgIpc) is 3.36. The normalized spacial score (nSPS) is 13.1. The Morgan fingerprint density at radius 1 is 1.25 bits per heavy atom. The van der Waals surface area contributed by atoms with Gasteiger partial charge >= 0.3 is 0 Å². The summed E-state index contributed by atoms with van der Waals surface area (Å²) in [6.45, 7) is 1.11. The van der Waals surface area contributed by atoms with Crippen molar-refractivity contribution in [3.63, 3.8) is 0 Å². The summed E-state index contributed by atoms with van der Waals surface area (Å²) >= 11 is 1.41. The number of hydrogen-bond donors (Lipinski definition) is 1. The van der Waals surface area contributed by atoms with E-state index in [9.17, 15) is 9.59 Å². The van der Waals surface area contributed by atoms with Crippen LogP contribution in [0.25, 0.3) is 0 Å². The van der Waals surface area contributed by atoms with Gasteiger partial charge in [-0.3, -0.25) is 14.9 Å². The van der Waals surface area contributed by atoms with E-state index < -0.39 is 0 Å². The number of amides is 2. The molecule has 0 atom stereocenters. The van der Waals surface area contributed by atoms with Gasteiger partial charge in [-0.15, -0.1) is 0 Å². The van der Waals surface area contributed by atoms with E-state index in [-0.39, 0.29) is 11.8 Å². The lowest BCUT2D eigenvalue weighted by molar-refractivity contribution is 0.0736. The van der Waals surface area contributed by atoms with E-state index in [2.05, 4.69) is 10.3 Å². The first kappa shape index (κ1) is 18.2. The summed E-state index contributed by atoms with van der Waals surface area (Å²) < 4.78 is 4.94. The quantitative estimate of drug-likeness (QED) is 0.732. The van der Waals surface area contributed by atoms with Crippen molar-refractivity contribution in [1.29, 1.82) is 0 Å². The van der Waals surface area contributed by atoms with Crippen LogP contribution in [0.1, 0.15) is 31.3 Å². The molecule has 0 radical (unpaired) electrons. The molecule has 1 aromatic carbocycles. The second kappa shape index (κ2) is 7.47. The van der Waals surface area contributed by atoms with Crippen molar-refractivity contribution in [2.45, 2.75) is 13.0 Å². The van der Waals surface area contributed by atoms with Gasteiger partial charge in [0.25, 0.3) is 11.8 Å². The van der Waals surface area contributed by atoms with Gasteiger partial charge in [-0.25, -0.2) is 4.98 Å². The van der Waals surface area contributed by atoms with Crippen molar-refractivity contribution in [1.82, 2.24) is 9.88 Å². The molecule has 0 fully saturated rings. The van der Waals surface area contributed by atoms with E-state index in [4.69, 9.17) is 4.42 Å². The number of thiazole rings is 1. The van der Waals surface area contributed by atoms with Gasteiger partial charge in [-0.1, -0.05) is 17.4 Å². The molecule has 144 valence electrons. The SMILES string of the molecule is CN(C)c1cccc(C(=O)N2CCc3nc(NC(=O)c4ccoc4)sc3C2)c1. The third-order valence-electron chi connectivity index (χ3n) is 4.63. The average molecular weight is 396 g/mol. The molecule has 4 rings (SSSR count). The van der Waals surface area contributed by atoms with Gasteiger partial charge in [-0.2, -0.15) is 0 Å². The van der Waals surface area contributed by atoms with E-state index in [0.717, 1.165) is 16.3 Å². The first-order valence-electron chi connectivity index (χ1n) is 8.90. The number of carbonyl (C=O) groups is 2. The van der Waals surface area contributed by atoms with E-state index in [0.29, 0.717) is 35.8 Å². The summed E-state index contributed by atoms with van der Waals surface area (Å²) in [4.78, 5) is 34.4. The molecule has 0 bridgehead atoms. The molecule has 7 nitrogen and oxygen atoms in total. The number of furan rings is 1. The van der Waals surface area contributed by atoms with Crippen LogP contribution in [-0.2, 0) is 13.0 Å². The zero-order valence-corrected chi connectivity index (χ0v) is 16.5. The van der Waals surface area contributed by atoms with Gasteiger partial charge in [0.15, 0.2) is 5.13 Å². The van der Waals surface area contributed by atoms with E-state index >= 15 is 0 Å². The van der Waals surface area contributed by atoms with Crippen LogP contribution < -0.4 is 10.2 Å². The molecule has 3 heterocycles. The van der Waals surface area contributed by atoms with Crippen molar-refractivity contribution >= 4 is 34.0 Å². The molecular weight excluding hydrogens is 376 g/mol. The molecule has 0 saturated heterocycles. The summed E-state index contributed by atoms with van der Waals surface area (Å²) in [6.07, 6.45) is 3.52. The molecule has 3 aromatic rings. The number of benzene rings is 1. The highest BCUT2D eigenvalue weighted by Gasteiger charge is 2.25. The minimum Gasteiger partial charge on any atom is -0.472 e. The monoisotopic (exact) mass is 396 g/mol. The number of nitrogens with one attached hydrogen (secondary N) is 1. The predicted molar refractivity (Wildman–Crippen MR) is 108 cm³/mol. The van der Waals surface area contributed by atoms with Crippen molar-refractivity contribution < 1.29 is 14.0 Å². The van der Waals surface area contributed by atoms with E-state index in [1.54, 1.807) is 6.07 Å². The summed E-state index contributed by atoms with van der Waals surface area (Å²) in [7, 11) is 3.90. The van der Waals surface area contributed by atoms with E-state index in [1.165, 1.54) is 23.9 Å². The van der Waals surface area contributed by atoms with Crippen LogP contribution in [0.3, 0.4) is 0 Å². The van der Waals surface area contributed by atoms with Crippen LogP contribution in [-0.4, -0.2) is 42.3 Å². The van der Waals surface area contributed by atoms with Crippen molar-refractivity contribution in [2.75, 3.05) is 30.9 Å². The topological polar surface area (TPSA) is 78.7 Å². The number of aromatic nitrogens is 1. The Hall–Kier alpha value is -3.13. The van der Waals surface area contributed by atoms with Crippen molar-refractivity contribution in [3.8, 4) is 0 Å². The fourth-order valence-electron chi connectivity index (χ4n) is 3.08. The molecule has 0 spiro atoms. The summed E-state index contributed by atoms with van der Waals surface area (Å²) in [5.41, 5.74) is 3.06. The molecule has 1 aliphatic heterocycles. The van der Waals surface area contributed by atoms with Crippen LogP contribution >= 0.6 is 11.3 Å². The molecule has 2 aromatic heterocycles. The van der Waals surface area contributed by atoms with Crippen molar-refractivity contribution in [3.05, 3.63) is 64.6 Å². The number of fused-ring (bicyclic) bond motifs is 1. The smallest absolute Gasteiger partial charge is 0.260 e. The predicted octanol–water partition coefficient (Wildman–Crippen LogP) is 3.25.